The number of nitrogens with zero attached hydrogens (tertiary/aromatic N) is 1. The van der Waals surface area contributed by atoms with Crippen molar-refractivity contribution < 1.29 is 9.53 Å². The number of likely N-dealkylation sites (tertiary alicyclic amines) is 1. The average molecular weight is 353 g/mol. The van der Waals surface area contributed by atoms with E-state index in [9.17, 15) is 4.79 Å². The number of carbonyl (C=O) groups excluding carboxylic acids is 1. The lowest BCUT2D eigenvalue weighted by Crippen LogP contribution is -2.45. The van der Waals surface area contributed by atoms with Gasteiger partial charge < -0.3 is 10.1 Å². The monoisotopic (exact) mass is 352 g/mol. The molecule has 0 aliphatic carbocycles. The Morgan fingerprint density at radius 2 is 1.88 bits per heavy atom. The van der Waals surface area contributed by atoms with Crippen molar-refractivity contribution in [3.05, 3.63) is 29.3 Å². The lowest BCUT2D eigenvalue weighted by atomic mass is 9.95. The zero-order chi connectivity index (χ0) is 17.5. The molecule has 1 N–H and O–H groups in total. The fraction of sp³-hybridized carbons (Fsp3) is 0.632. The Bertz CT molecular complexity index is 511. The Labute approximate surface area is 150 Å². The summed E-state index contributed by atoms with van der Waals surface area (Å²) in [5, 5.41) is 3.86. The van der Waals surface area contributed by atoms with Gasteiger partial charge in [-0.15, -0.1) is 0 Å². The number of amides is 1. The molecule has 2 rings (SSSR count). The molecule has 5 heteroatoms. The molecule has 1 atom stereocenters. The smallest absolute Gasteiger partial charge is 0.223 e. The number of carbonyl (C=O) groups is 1. The first-order valence-electron chi connectivity index (χ1n) is 8.87. The Morgan fingerprint density at radius 3 is 2.46 bits per heavy atom. The SMILES string of the molecule is CC(C)C(C)NC(=O)C1CCN(CCOc2ccc(Cl)cc2)CC1. The first-order chi connectivity index (χ1) is 11.5. The van der Waals surface area contributed by atoms with Crippen molar-refractivity contribution in [2.75, 3.05) is 26.2 Å². The van der Waals surface area contributed by atoms with E-state index in [4.69, 9.17) is 16.3 Å². The van der Waals surface area contributed by atoms with Gasteiger partial charge in [-0.3, -0.25) is 9.69 Å². The van der Waals surface area contributed by atoms with E-state index < -0.39 is 0 Å². The van der Waals surface area contributed by atoms with Crippen LogP contribution >= 0.6 is 11.6 Å². The lowest BCUT2D eigenvalue weighted by Gasteiger charge is -2.32. The summed E-state index contributed by atoms with van der Waals surface area (Å²) in [7, 11) is 0. The summed E-state index contributed by atoms with van der Waals surface area (Å²) in [5.41, 5.74) is 0. The third-order valence-electron chi connectivity index (χ3n) is 4.82. The summed E-state index contributed by atoms with van der Waals surface area (Å²) < 4.78 is 5.74. The zero-order valence-electron chi connectivity index (χ0n) is 14.9. The number of rotatable bonds is 7. The maximum atomic E-state index is 12.3. The molecule has 0 spiro atoms. The van der Waals surface area contributed by atoms with Gasteiger partial charge in [-0.1, -0.05) is 25.4 Å². The third kappa shape index (κ3) is 5.99. The van der Waals surface area contributed by atoms with E-state index in [1.54, 1.807) is 0 Å². The van der Waals surface area contributed by atoms with Crippen molar-refractivity contribution in [2.24, 2.45) is 11.8 Å². The highest BCUT2D eigenvalue weighted by molar-refractivity contribution is 6.30. The minimum atomic E-state index is 0.152. The van der Waals surface area contributed by atoms with E-state index in [1.165, 1.54) is 0 Å². The molecule has 1 aromatic rings. The Hall–Kier alpha value is -1.26. The van der Waals surface area contributed by atoms with Crippen molar-refractivity contribution in [3.8, 4) is 5.75 Å². The first kappa shape index (κ1) is 19.1. The summed E-state index contributed by atoms with van der Waals surface area (Å²) in [6, 6.07) is 7.67. The van der Waals surface area contributed by atoms with Gasteiger partial charge in [0.05, 0.1) is 0 Å². The normalized spacial score (nSPS) is 17.7. The molecular weight excluding hydrogens is 324 g/mol. The Morgan fingerprint density at radius 1 is 1.25 bits per heavy atom. The van der Waals surface area contributed by atoms with Gasteiger partial charge in [-0.25, -0.2) is 0 Å². The van der Waals surface area contributed by atoms with Crippen molar-refractivity contribution in [3.63, 3.8) is 0 Å². The quantitative estimate of drug-likeness (QED) is 0.815. The fourth-order valence-corrected chi connectivity index (χ4v) is 2.88. The molecule has 24 heavy (non-hydrogen) atoms. The molecule has 0 aromatic heterocycles. The van der Waals surface area contributed by atoms with Gasteiger partial charge in [0.2, 0.25) is 5.91 Å². The van der Waals surface area contributed by atoms with Crippen LogP contribution in [0, 0.1) is 11.8 Å². The molecule has 1 saturated heterocycles. The average Bonchev–Trinajstić information content (AvgIpc) is 2.57. The number of hydrogen-bond donors (Lipinski definition) is 1. The van der Waals surface area contributed by atoms with Gasteiger partial charge >= 0.3 is 0 Å². The van der Waals surface area contributed by atoms with E-state index >= 15 is 0 Å². The van der Waals surface area contributed by atoms with Crippen LogP contribution in [0.2, 0.25) is 5.02 Å². The number of halogens is 1. The van der Waals surface area contributed by atoms with Crippen LogP contribution in [0.5, 0.6) is 5.75 Å². The minimum Gasteiger partial charge on any atom is -0.492 e. The van der Waals surface area contributed by atoms with Crippen LogP contribution in [0.25, 0.3) is 0 Å². The maximum absolute atomic E-state index is 12.3. The topological polar surface area (TPSA) is 41.6 Å². The summed E-state index contributed by atoms with van der Waals surface area (Å²) >= 11 is 5.86. The van der Waals surface area contributed by atoms with E-state index in [-0.39, 0.29) is 17.9 Å². The predicted molar refractivity (Wildman–Crippen MR) is 98.6 cm³/mol. The van der Waals surface area contributed by atoms with Crippen LogP contribution < -0.4 is 10.1 Å². The second-order valence-electron chi connectivity index (χ2n) is 6.96. The molecule has 0 radical (unpaired) electrons. The molecular formula is C19H29ClN2O2. The Balaban J connectivity index is 1.65. The number of hydrogen-bond acceptors (Lipinski definition) is 3. The van der Waals surface area contributed by atoms with Crippen LogP contribution in [0.4, 0.5) is 0 Å². The highest BCUT2D eigenvalue weighted by atomic mass is 35.5. The lowest BCUT2D eigenvalue weighted by molar-refractivity contribution is -0.127. The highest BCUT2D eigenvalue weighted by Crippen LogP contribution is 2.19. The molecule has 0 bridgehead atoms. The molecule has 1 amide bonds. The zero-order valence-corrected chi connectivity index (χ0v) is 15.7. The Kier molecular flexibility index (Phi) is 7.38. The molecule has 1 aromatic carbocycles. The predicted octanol–water partition coefficient (Wildman–Crippen LogP) is 3.59. The highest BCUT2D eigenvalue weighted by Gasteiger charge is 2.26. The molecule has 1 unspecified atom stereocenters. The van der Waals surface area contributed by atoms with Crippen molar-refractivity contribution in [2.45, 2.75) is 39.7 Å². The summed E-state index contributed by atoms with van der Waals surface area (Å²) in [4.78, 5) is 14.6. The van der Waals surface area contributed by atoms with Crippen LogP contribution in [0.15, 0.2) is 24.3 Å². The van der Waals surface area contributed by atoms with Crippen molar-refractivity contribution in [1.82, 2.24) is 10.2 Å². The largest absolute Gasteiger partial charge is 0.492 e. The van der Waals surface area contributed by atoms with Gasteiger partial charge in [0.1, 0.15) is 12.4 Å². The van der Waals surface area contributed by atoms with Gasteiger partial charge in [0, 0.05) is 23.5 Å². The fourth-order valence-electron chi connectivity index (χ4n) is 2.75. The van der Waals surface area contributed by atoms with Crippen LogP contribution in [-0.4, -0.2) is 43.1 Å². The summed E-state index contributed by atoms with van der Waals surface area (Å²) in [6.45, 7) is 9.80. The van der Waals surface area contributed by atoms with Crippen molar-refractivity contribution in [1.29, 1.82) is 0 Å². The van der Waals surface area contributed by atoms with Gasteiger partial charge in [-0.05, 0) is 63.0 Å². The number of piperidine rings is 1. The van der Waals surface area contributed by atoms with Gasteiger partial charge in [0.25, 0.3) is 0 Å². The standard InChI is InChI=1S/C19H29ClN2O2/c1-14(2)15(3)21-19(23)16-8-10-22(11-9-16)12-13-24-18-6-4-17(20)5-7-18/h4-7,14-16H,8-13H2,1-3H3,(H,21,23). The second-order valence-corrected chi connectivity index (χ2v) is 7.40. The molecule has 1 aliphatic rings. The second kappa shape index (κ2) is 9.28. The van der Waals surface area contributed by atoms with Crippen molar-refractivity contribution >= 4 is 17.5 Å². The van der Waals surface area contributed by atoms with E-state index in [2.05, 4.69) is 31.0 Å². The first-order valence-corrected chi connectivity index (χ1v) is 9.24. The minimum absolute atomic E-state index is 0.152. The molecule has 1 heterocycles. The summed E-state index contributed by atoms with van der Waals surface area (Å²) in [6.07, 6.45) is 1.86. The maximum Gasteiger partial charge on any atom is 0.223 e. The molecule has 0 saturated carbocycles. The van der Waals surface area contributed by atoms with Crippen LogP contribution in [-0.2, 0) is 4.79 Å². The number of benzene rings is 1. The van der Waals surface area contributed by atoms with Crippen LogP contribution in [0.1, 0.15) is 33.6 Å². The van der Waals surface area contributed by atoms with Gasteiger partial charge in [-0.2, -0.15) is 0 Å². The summed E-state index contributed by atoms with van der Waals surface area (Å²) in [5.74, 6) is 1.68. The van der Waals surface area contributed by atoms with E-state index in [0.29, 0.717) is 12.5 Å². The molecule has 134 valence electrons. The van der Waals surface area contributed by atoms with E-state index in [1.807, 2.05) is 24.3 Å². The number of nitrogens with one attached hydrogen (secondary N) is 1. The van der Waals surface area contributed by atoms with Gasteiger partial charge in [0.15, 0.2) is 0 Å². The molecule has 1 fully saturated rings. The van der Waals surface area contributed by atoms with E-state index in [0.717, 1.165) is 43.2 Å². The number of ether oxygens (including phenoxy) is 1. The van der Waals surface area contributed by atoms with Crippen LogP contribution in [0.3, 0.4) is 0 Å². The molecule has 1 aliphatic heterocycles. The molecule has 4 nitrogen and oxygen atoms in total. The third-order valence-corrected chi connectivity index (χ3v) is 5.07.